The van der Waals surface area contributed by atoms with Crippen LogP contribution in [-0.4, -0.2) is 29.7 Å². The van der Waals surface area contributed by atoms with Crippen LogP contribution in [0.15, 0.2) is 18.2 Å². The summed E-state index contributed by atoms with van der Waals surface area (Å²) in [7, 11) is 0. The van der Waals surface area contributed by atoms with Crippen LogP contribution in [0.3, 0.4) is 0 Å². The summed E-state index contributed by atoms with van der Waals surface area (Å²) in [5.41, 5.74) is 0.531. The van der Waals surface area contributed by atoms with Crippen LogP contribution >= 0.6 is 0 Å². The highest BCUT2D eigenvalue weighted by Crippen LogP contribution is 2.22. The van der Waals surface area contributed by atoms with Gasteiger partial charge in [-0.2, -0.15) is 0 Å². The maximum Gasteiger partial charge on any atom is 0.253 e. The van der Waals surface area contributed by atoms with Crippen molar-refractivity contribution in [2.75, 3.05) is 11.9 Å². The molecule has 1 amide bonds. The monoisotopic (exact) mass is 294 g/mol. The highest BCUT2D eigenvalue weighted by atomic mass is 19.1. The number of halogens is 1. The normalized spacial score (nSPS) is 21.9. The number of amides is 1. The van der Waals surface area contributed by atoms with Crippen LogP contribution in [0.4, 0.5) is 10.1 Å². The lowest BCUT2D eigenvalue weighted by atomic mass is 9.92. The summed E-state index contributed by atoms with van der Waals surface area (Å²) in [5, 5.41) is 15.7. The minimum Gasteiger partial charge on any atom is -0.391 e. The number of carbonyl (C=O) groups is 1. The van der Waals surface area contributed by atoms with Crippen LogP contribution < -0.4 is 10.6 Å². The quantitative estimate of drug-likeness (QED) is 0.782. The van der Waals surface area contributed by atoms with E-state index in [0.717, 1.165) is 25.7 Å². The van der Waals surface area contributed by atoms with E-state index in [9.17, 15) is 14.3 Å². The van der Waals surface area contributed by atoms with E-state index in [1.165, 1.54) is 12.1 Å². The zero-order valence-electron chi connectivity index (χ0n) is 12.4. The average Bonchev–Trinajstić information content (AvgIpc) is 2.48. The molecule has 5 heteroatoms. The molecule has 0 aliphatic heterocycles. The van der Waals surface area contributed by atoms with Crippen molar-refractivity contribution in [3.8, 4) is 0 Å². The Morgan fingerprint density at radius 3 is 2.86 bits per heavy atom. The largest absolute Gasteiger partial charge is 0.391 e. The topological polar surface area (TPSA) is 61.4 Å². The molecule has 0 bridgehead atoms. The second-order valence-corrected chi connectivity index (χ2v) is 5.52. The molecule has 0 spiro atoms. The predicted molar refractivity (Wildman–Crippen MR) is 80.9 cm³/mol. The third kappa shape index (κ3) is 3.94. The predicted octanol–water partition coefficient (Wildman–Crippen LogP) is 2.68. The number of hydrogen-bond donors (Lipinski definition) is 3. The van der Waals surface area contributed by atoms with Gasteiger partial charge in [0.05, 0.1) is 23.4 Å². The zero-order valence-corrected chi connectivity index (χ0v) is 12.4. The molecule has 1 aromatic carbocycles. The molecule has 0 saturated heterocycles. The van der Waals surface area contributed by atoms with Gasteiger partial charge in [0.2, 0.25) is 0 Å². The Morgan fingerprint density at radius 1 is 1.38 bits per heavy atom. The van der Waals surface area contributed by atoms with Gasteiger partial charge < -0.3 is 15.7 Å². The second-order valence-electron chi connectivity index (χ2n) is 5.52. The van der Waals surface area contributed by atoms with Crippen molar-refractivity contribution in [2.45, 2.75) is 51.2 Å². The van der Waals surface area contributed by atoms with E-state index in [2.05, 4.69) is 10.6 Å². The van der Waals surface area contributed by atoms with Crippen LogP contribution in [0, 0.1) is 5.82 Å². The van der Waals surface area contributed by atoms with Crippen molar-refractivity contribution >= 4 is 11.6 Å². The molecule has 1 saturated carbocycles. The summed E-state index contributed by atoms with van der Waals surface area (Å²) in [6, 6.07) is 4.22. The Bertz CT molecular complexity index is 493. The van der Waals surface area contributed by atoms with Crippen LogP contribution in [0.5, 0.6) is 0 Å². The maximum atomic E-state index is 13.9. The third-order valence-corrected chi connectivity index (χ3v) is 3.86. The fourth-order valence-corrected chi connectivity index (χ4v) is 2.67. The Hall–Kier alpha value is -1.62. The molecule has 1 fully saturated rings. The maximum absolute atomic E-state index is 13.9. The smallest absolute Gasteiger partial charge is 0.253 e. The van der Waals surface area contributed by atoms with E-state index in [0.29, 0.717) is 18.5 Å². The van der Waals surface area contributed by atoms with Gasteiger partial charge in [0.15, 0.2) is 0 Å². The van der Waals surface area contributed by atoms with Gasteiger partial charge in [0.25, 0.3) is 5.91 Å². The van der Waals surface area contributed by atoms with E-state index < -0.39 is 11.9 Å². The Kier molecular flexibility index (Phi) is 5.56. The van der Waals surface area contributed by atoms with Crippen molar-refractivity contribution in [1.82, 2.24) is 5.32 Å². The van der Waals surface area contributed by atoms with Gasteiger partial charge >= 0.3 is 0 Å². The Labute approximate surface area is 124 Å². The number of rotatable bonds is 5. The first-order valence-corrected chi connectivity index (χ1v) is 7.64. The van der Waals surface area contributed by atoms with Gasteiger partial charge in [-0.15, -0.1) is 0 Å². The molecular formula is C16H23FN2O2. The number of aliphatic hydroxyl groups is 1. The Balaban J connectivity index is 2.12. The highest BCUT2D eigenvalue weighted by Gasteiger charge is 2.26. The molecule has 4 nitrogen and oxygen atoms in total. The fourth-order valence-electron chi connectivity index (χ4n) is 2.67. The van der Waals surface area contributed by atoms with E-state index in [4.69, 9.17) is 0 Å². The summed E-state index contributed by atoms with van der Waals surface area (Å²) in [6.07, 6.45) is 3.78. The van der Waals surface area contributed by atoms with Gasteiger partial charge in [-0.3, -0.25) is 4.79 Å². The van der Waals surface area contributed by atoms with Crippen molar-refractivity contribution in [2.24, 2.45) is 0 Å². The molecule has 0 heterocycles. The van der Waals surface area contributed by atoms with Gasteiger partial charge in [-0.05, 0) is 31.4 Å². The molecule has 1 aliphatic rings. The molecule has 1 aliphatic carbocycles. The lowest BCUT2D eigenvalue weighted by Crippen LogP contribution is -2.45. The van der Waals surface area contributed by atoms with Gasteiger partial charge in [0, 0.05) is 6.54 Å². The highest BCUT2D eigenvalue weighted by molar-refractivity contribution is 5.99. The van der Waals surface area contributed by atoms with Crippen molar-refractivity contribution < 1.29 is 14.3 Å². The number of anilines is 1. The summed E-state index contributed by atoms with van der Waals surface area (Å²) in [6.45, 7) is 2.58. The summed E-state index contributed by atoms with van der Waals surface area (Å²) in [4.78, 5) is 12.4. The van der Waals surface area contributed by atoms with E-state index in [1.54, 1.807) is 6.07 Å². The van der Waals surface area contributed by atoms with Crippen molar-refractivity contribution in [3.05, 3.63) is 29.6 Å². The first-order chi connectivity index (χ1) is 10.1. The molecule has 2 rings (SSSR count). The molecular weight excluding hydrogens is 271 g/mol. The van der Waals surface area contributed by atoms with Crippen LogP contribution in [-0.2, 0) is 0 Å². The number of carbonyl (C=O) groups excluding carboxylic acids is 1. The summed E-state index contributed by atoms with van der Waals surface area (Å²) < 4.78 is 13.9. The number of nitrogens with one attached hydrogen (secondary N) is 2. The molecule has 0 aromatic heterocycles. The molecule has 1 aromatic rings. The van der Waals surface area contributed by atoms with E-state index in [1.807, 2.05) is 6.92 Å². The summed E-state index contributed by atoms with van der Waals surface area (Å²) in [5.74, 6) is -0.764. The van der Waals surface area contributed by atoms with Crippen LogP contribution in [0.25, 0.3) is 0 Å². The average molecular weight is 294 g/mol. The molecule has 21 heavy (non-hydrogen) atoms. The van der Waals surface area contributed by atoms with E-state index >= 15 is 0 Å². The van der Waals surface area contributed by atoms with Gasteiger partial charge in [-0.1, -0.05) is 25.8 Å². The molecule has 2 unspecified atom stereocenters. The molecule has 0 radical (unpaired) electrons. The minimum absolute atomic E-state index is 0.238. The minimum atomic E-state index is -0.511. The molecule has 2 atom stereocenters. The van der Waals surface area contributed by atoms with Crippen LogP contribution in [0.2, 0.25) is 0 Å². The zero-order chi connectivity index (χ0) is 15.2. The Morgan fingerprint density at radius 2 is 2.14 bits per heavy atom. The molecule has 3 N–H and O–H groups in total. The SMILES string of the molecule is CCCNc1c(F)cccc1C(=O)NC1CCCCC1O. The standard InChI is InChI=1S/C16H23FN2O2/c1-2-10-18-15-11(6-5-7-12(15)17)16(21)19-13-8-3-4-9-14(13)20/h5-7,13-14,18,20H,2-4,8-10H2,1H3,(H,19,21). The summed E-state index contributed by atoms with van der Waals surface area (Å²) >= 11 is 0. The van der Waals surface area contributed by atoms with Crippen LogP contribution in [0.1, 0.15) is 49.4 Å². The van der Waals surface area contributed by atoms with Gasteiger partial charge in [0.1, 0.15) is 5.82 Å². The van der Waals surface area contributed by atoms with E-state index in [-0.39, 0.29) is 17.6 Å². The molecule has 116 valence electrons. The number of hydrogen-bond acceptors (Lipinski definition) is 3. The second kappa shape index (κ2) is 7.41. The van der Waals surface area contributed by atoms with Crippen molar-refractivity contribution in [3.63, 3.8) is 0 Å². The third-order valence-electron chi connectivity index (χ3n) is 3.86. The number of benzene rings is 1. The fraction of sp³-hybridized carbons (Fsp3) is 0.562. The number of para-hydroxylation sites is 1. The first-order valence-electron chi connectivity index (χ1n) is 7.64. The number of aliphatic hydroxyl groups excluding tert-OH is 1. The van der Waals surface area contributed by atoms with Gasteiger partial charge in [-0.25, -0.2) is 4.39 Å². The van der Waals surface area contributed by atoms with Crippen molar-refractivity contribution in [1.29, 1.82) is 0 Å². The lowest BCUT2D eigenvalue weighted by molar-refractivity contribution is 0.0717. The lowest BCUT2D eigenvalue weighted by Gasteiger charge is -2.28. The first kappa shape index (κ1) is 15.8.